The number of carbonyl (C=O) groups is 1. The first kappa shape index (κ1) is 26.5. The molecule has 0 aromatic carbocycles. The number of amides is 1. The minimum absolute atomic E-state index is 0.215. The first-order valence-corrected chi connectivity index (χ1v) is 11.9. The zero-order chi connectivity index (χ0) is 22.6. The van der Waals surface area contributed by atoms with Gasteiger partial charge in [0, 0.05) is 45.9 Å². The number of likely N-dealkylation sites (tertiary alicyclic amines) is 1. The molecule has 7 nitrogen and oxygen atoms in total. The highest BCUT2D eigenvalue weighted by molar-refractivity contribution is 5.80. The van der Waals surface area contributed by atoms with Crippen molar-refractivity contribution in [2.75, 3.05) is 45.9 Å². The molecule has 0 saturated carbocycles. The number of nitrogens with zero attached hydrogens (tertiary/aromatic N) is 3. The Morgan fingerprint density at radius 1 is 1.23 bits per heavy atom. The third-order valence-corrected chi connectivity index (χ3v) is 5.49. The Hall–Kier alpha value is -1.50. The van der Waals surface area contributed by atoms with Crippen LogP contribution in [0.25, 0.3) is 0 Å². The quantitative estimate of drug-likeness (QED) is 0.411. The summed E-state index contributed by atoms with van der Waals surface area (Å²) >= 11 is 0. The molecular weight excluding hydrogens is 380 g/mol. The van der Waals surface area contributed by atoms with Gasteiger partial charge in [0.2, 0.25) is 0 Å². The average Bonchev–Trinajstić information content (AvgIpc) is 2.68. The maximum Gasteiger partial charge on any atom is 0.410 e. The largest absolute Gasteiger partial charge is 0.444 e. The fourth-order valence-corrected chi connectivity index (χ4v) is 3.86. The second kappa shape index (κ2) is 13.7. The molecule has 1 atom stereocenters. The fraction of sp³-hybridized carbons (Fsp3) is 0.913. The Morgan fingerprint density at radius 3 is 2.40 bits per heavy atom. The van der Waals surface area contributed by atoms with Crippen molar-refractivity contribution in [3.05, 3.63) is 0 Å². The van der Waals surface area contributed by atoms with Crippen molar-refractivity contribution in [2.24, 2.45) is 16.8 Å². The van der Waals surface area contributed by atoms with E-state index in [1.165, 1.54) is 0 Å². The van der Waals surface area contributed by atoms with Gasteiger partial charge in [0.1, 0.15) is 5.60 Å². The molecule has 0 aromatic heterocycles. The summed E-state index contributed by atoms with van der Waals surface area (Å²) in [5.41, 5.74) is -0.462. The summed E-state index contributed by atoms with van der Waals surface area (Å²) in [6, 6.07) is 0. The maximum absolute atomic E-state index is 12.4. The van der Waals surface area contributed by atoms with Gasteiger partial charge in [-0.05, 0) is 72.1 Å². The van der Waals surface area contributed by atoms with Crippen molar-refractivity contribution in [3.8, 4) is 0 Å². The Bertz CT molecular complexity index is 505. The molecule has 1 aliphatic heterocycles. The zero-order valence-corrected chi connectivity index (χ0v) is 20.2. The van der Waals surface area contributed by atoms with Crippen LogP contribution in [0, 0.1) is 11.8 Å². The van der Waals surface area contributed by atoms with E-state index in [1.54, 1.807) is 0 Å². The van der Waals surface area contributed by atoms with Crippen molar-refractivity contribution >= 4 is 12.1 Å². The van der Waals surface area contributed by atoms with Crippen molar-refractivity contribution in [1.82, 2.24) is 15.1 Å². The maximum atomic E-state index is 12.4. The van der Waals surface area contributed by atoms with E-state index in [0.717, 1.165) is 70.8 Å². The third-order valence-electron chi connectivity index (χ3n) is 5.49. The number of aliphatic hydroxyl groups excluding tert-OH is 1. The van der Waals surface area contributed by atoms with E-state index in [1.807, 2.05) is 32.6 Å². The zero-order valence-electron chi connectivity index (χ0n) is 20.2. The lowest BCUT2D eigenvalue weighted by Crippen LogP contribution is -2.48. The van der Waals surface area contributed by atoms with Crippen LogP contribution in [-0.4, -0.2) is 78.4 Å². The number of guanidine groups is 1. The predicted octanol–water partition coefficient (Wildman–Crippen LogP) is 3.72. The third kappa shape index (κ3) is 10.0. The SMILES string of the molecule is CCCC(CCO)CN=C(NCC)N1CCC(CN(CC)C(=O)OC(C)(C)C)CC1. The minimum atomic E-state index is -0.462. The Kier molecular flexibility index (Phi) is 12.1. The van der Waals surface area contributed by atoms with E-state index in [-0.39, 0.29) is 12.7 Å². The molecule has 30 heavy (non-hydrogen) atoms. The summed E-state index contributed by atoms with van der Waals surface area (Å²) in [6.07, 6.45) is 4.90. The first-order valence-electron chi connectivity index (χ1n) is 11.9. The molecule has 0 aromatic rings. The van der Waals surface area contributed by atoms with Crippen LogP contribution < -0.4 is 5.32 Å². The highest BCUT2D eigenvalue weighted by Crippen LogP contribution is 2.20. The Balaban J connectivity index is 2.61. The standard InChI is InChI=1S/C23H46N4O3/c1-7-10-19(13-16-28)17-25-21(24-8-2)27-14-11-20(12-15-27)18-26(9-3)22(29)30-23(4,5)6/h19-20,28H,7-18H2,1-6H3,(H,24,25). The Morgan fingerprint density at radius 2 is 1.90 bits per heavy atom. The van der Waals surface area contributed by atoms with Gasteiger partial charge < -0.3 is 25.0 Å². The molecule has 1 heterocycles. The second-order valence-electron chi connectivity index (χ2n) is 9.31. The van der Waals surface area contributed by atoms with E-state index in [0.29, 0.717) is 18.4 Å². The van der Waals surface area contributed by atoms with Crippen molar-refractivity contribution in [2.45, 2.75) is 79.2 Å². The van der Waals surface area contributed by atoms with E-state index < -0.39 is 5.60 Å². The lowest BCUT2D eigenvalue weighted by atomic mass is 9.96. The number of ether oxygens (including phenoxy) is 1. The van der Waals surface area contributed by atoms with Gasteiger partial charge in [-0.15, -0.1) is 0 Å². The molecular formula is C23H46N4O3. The predicted molar refractivity (Wildman–Crippen MR) is 124 cm³/mol. The molecule has 0 spiro atoms. The molecule has 1 aliphatic rings. The van der Waals surface area contributed by atoms with Crippen LogP contribution in [0.15, 0.2) is 4.99 Å². The van der Waals surface area contributed by atoms with Crippen LogP contribution in [-0.2, 0) is 4.74 Å². The summed E-state index contributed by atoms with van der Waals surface area (Å²) < 4.78 is 5.55. The number of hydrogen-bond acceptors (Lipinski definition) is 4. The molecule has 1 fully saturated rings. The molecule has 2 N–H and O–H groups in total. The molecule has 1 rings (SSSR count). The number of carbonyl (C=O) groups excluding carboxylic acids is 1. The summed E-state index contributed by atoms with van der Waals surface area (Å²) in [4.78, 5) is 21.5. The Labute approximate surface area is 184 Å². The molecule has 1 amide bonds. The molecule has 1 unspecified atom stereocenters. The van der Waals surface area contributed by atoms with Gasteiger partial charge in [-0.25, -0.2) is 4.79 Å². The van der Waals surface area contributed by atoms with Gasteiger partial charge in [0.25, 0.3) is 0 Å². The minimum Gasteiger partial charge on any atom is -0.444 e. The second-order valence-corrected chi connectivity index (χ2v) is 9.31. The molecule has 0 bridgehead atoms. The van der Waals surface area contributed by atoms with Crippen molar-refractivity contribution < 1.29 is 14.6 Å². The molecule has 0 radical (unpaired) electrons. The summed E-state index contributed by atoms with van der Waals surface area (Å²) in [6.45, 7) is 17.2. The lowest BCUT2D eigenvalue weighted by molar-refractivity contribution is 0.0214. The fourth-order valence-electron chi connectivity index (χ4n) is 3.86. The topological polar surface area (TPSA) is 77.4 Å². The summed E-state index contributed by atoms with van der Waals surface area (Å²) in [7, 11) is 0. The van der Waals surface area contributed by atoms with Gasteiger partial charge in [-0.3, -0.25) is 4.99 Å². The summed E-state index contributed by atoms with van der Waals surface area (Å²) in [5, 5.41) is 12.7. The van der Waals surface area contributed by atoms with E-state index >= 15 is 0 Å². The number of hydrogen-bond donors (Lipinski definition) is 2. The van der Waals surface area contributed by atoms with Crippen LogP contribution in [0.1, 0.15) is 73.6 Å². The number of aliphatic hydroxyl groups is 1. The van der Waals surface area contributed by atoms with E-state index in [2.05, 4.69) is 24.1 Å². The van der Waals surface area contributed by atoms with Crippen LogP contribution in [0.3, 0.4) is 0 Å². The monoisotopic (exact) mass is 426 g/mol. The smallest absolute Gasteiger partial charge is 0.410 e. The van der Waals surface area contributed by atoms with Crippen molar-refractivity contribution in [3.63, 3.8) is 0 Å². The molecule has 0 aliphatic carbocycles. The number of piperidine rings is 1. The van der Waals surface area contributed by atoms with Crippen LogP contribution >= 0.6 is 0 Å². The molecule has 1 saturated heterocycles. The van der Waals surface area contributed by atoms with Crippen molar-refractivity contribution in [1.29, 1.82) is 0 Å². The van der Waals surface area contributed by atoms with Crippen LogP contribution in [0.5, 0.6) is 0 Å². The van der Waals surface area contributed by atoms with E-state index in [9.17, 15) is 9.90 Å². The number of rotatable bonds is 10. The highest BCUT2D eigenvalue weighted by Gasteiger charge is 2.27. The summed E-state index contributed by atoms with van der Waals surface area (Å²) in [5.74, 6) is 1.91. The van der Waals surface area contributed by atoms with Gasteiger partial charge in [-0.2, -0.15) is 0 Å². The van der Waals surface area contributed by atoms with E-state index in [4.69, 9.17) is 9.73 Å². The highest BCUT2D eigenvalue weighted by atomic mass is 16.6. The normalized spacial score (nSPS) is 17.0. The lowest BCUT2D eigenvalue weighted by Gasteiger charge is -2.36. The van der Waals surface area contributed by atoms with Crippen LogP contribution in [0.4, 0.5) is 4.79 Å². The number of nitrogens with one attached hydrogen (secondary N) is 1. The first-order chi connectivity index (χ1) is 14.2. The number of aliphatic imine (C=N–C) groups is 1. The van der Waals surface area contributed by atoms with Crippen LogP contribution in [0.2, 0.25) is 0 Å². The van der Waals surface area contributed by atoms with Gasteiger partial charge in [0.05, 0.1) is 0 Å². The molecule has 7 heteroatoms. The molecule has 176 valence electrons. The average molecular weight is 427 g/mol. The van der Waals surface area contributed by atoms with Gasteiger partial charge >= 0.3 is 6.09 Å². The van der Waals surface area contributed by atoms with Gasteiger partial charge in [-0.1, -0.05) is 13.3 Å². The van der Waals surface area contributed by atoms with Gasteiger partial charge in [0.15, 0.2) is 5.96 Å².